The van der Waals surface area contributed by atoms with Crippen LogP contribution in [-0.2, 0) is 4.79 Å². The minimum absolute atomic E-state index is 0.00483. The van der Waals surface area contributed by atoms with Crippen LogP contribution in [-0.4, -0.2) is 22.1 Å². The van der Waals surface area contributed by atoms with Gasteiger partial charge in [0.25, 0.3) is 0 Å². The number of aromatic nitrogens is 1. The van der Waals surface area contributed by atoms with Crippen molar-refractivity contribution >= 4 is 11.9 Å². The van der Waals surface area contributed by atoms with Crippen molar-refractivity contribution in [2.75, 3.05) is 0 Å². The van der Waals surface area contributed by atoms with Crippen LogP contribution in [0.3, 0.4) is 0 Å². The van der Waals surface area contributed by atoms with Gasteiger partial charge in [-0.25, -0.2) is 9.18 Å². The number of benzene rings is 1. The van der Waals surface area contributed by atoms with E-state index in [9.17, 15) is 19.1 Å². The summed E-state index contributed by atoms with van der Waals surface area (Å²) in [6, 6.07) is 4.67. The highest BCUT2D eigenvalue weighted by Gasteiger charge is 2.33. The van der Waals surface area contributed by atoms with Gasteiger partial charge >= 0.3 is 5.97 Å². The average Bonchev–Trinajstić information content (AvgIpc) is 3.26. The van der Waals surface area contributed by atoms with Crippen LogP contribution >= 0.6 is 0 Å². The summed E-state index contributed by atoms with van der Waals surface area (Å²) in [4.78, 5) is 23.4. The second-order valence-electron chi connectivity index (χ2n) is 5.59. The summed E-state index contributed by atoms with van der Waals surface area (Å²) in [6.45, 7) is 1.64. The number of hydrogen-bond donors (Lipinski definition) is 2. The average molecular weight is 318 g/mol. The number of halogens is 1. The van der Waals surface area contributed by atoms with Crippen LogP contribution in [0.1, 0.15) is 41.9 Å². The van der Waals surface area contributed by atoms with Gasteiger partial charge in [-0.15, -0.1) is 0 Å². The predicted octanol–water partition coefficient (Wildman–Crippen LogP) is 2.77. The lowest BCUT2D eigenvalue weighted by Crippen LogP contribution is -2.28. The largest absolute Gasteiger partial charge is 0.477 e. The molecule has 7 heteroatoms. The van der Waals surface area contributed by atoms with E-state index in [1.807, 2.05) is 0 Å². The fourth-order valence-electron chi connectivity index (χ4n) is 2.35. The van der Waals surface area contributed by atoms with E-state index in [0.29, 0.717) is 5.56 Å². The maximum atomic E-state index is 13.0. The molecule has 0 aliphatic heterocycles. The van der Waals surface area contributed by atoms with Gasteiger partial charge in [0.15, 0.2) is 5.76 Å². The van der Waals surface area contributed by atoms with Crippen molar-refractivity contribution in [1.82, 2.24) is 10.5 Å². The van der Waals surface area contributed by atoms with Crippen LogP contribution in [0.25, 0.3) is 11.3 Å². The first-order valence-electron chi connectivity index (χ1n) is 7.26. The Labute approximate surface area is 131 Å². The number of nitrogens with zero attached hydrogens (tertiary/aromatic N) is 1. The van der Waals surface area contributed by atoms with Gasteiger partial charge in [-0.3, -0.25) is 4.79 Å². The zero-order chi connectivity index (χ0) is 16.6. The molecule has 1 atom stereocenters. The number of nitrogens with one attached hydrogen (secondary N) is 1. The smallest absolute Gasteiger partial charge is 0.341 e. The number of amides is 1. The molecule has 1 saturated carbocycles. The van der Waals surface area contributed by atoms with Crippen molar-refractivity contribution in [2.45, 2.75) is 25.8 Å². The van der Waals surface area contributed by atoms with Gasteiger partial charge in [-0.2, -0.15) is 0 Å². The third-order valence-corrected chi connectivity index (χ3v) is 3.75. The van der Waals surface area contributed by atoms with Crippen LogP contribution in [0.15, 0.2) is 28.8 Å². The number of carboxylic acids is 1. The Kier molecular flexibility index (Phi) is 3.85. The summed E-state index contributed by atoms with van der Waals surface area (Å²) in [5, 5.41) is 16.0. The zero-order valence-corrected chi connectivity index (χ0v) is 12.4. The molecule has 6 nitrogen and oxygen atoms in total. The standard InChI is InChI=1S/C16H15FN2O4/c1-8(18-15(20)10-2-3-10)14-12(16(21)22)13(19-23-14)9-4-6-11(17)7-5-9/h4-8,10H,2-3H2,1H3,(H,18,20)(H,21,22). The van der Waals surface area contributed by atoms with Crippen molar-refractivity contribution in [3.63, 3.8) is 0 Å². The van der Waals surface area contributed by atoms with E-state index >= 15 is 0 Å². The first-order chi connectivity index (χ1) is 11.0. The molecule has 0 radical (unpaired) electrons. The Bertz CT molecular complexity index is 750. The molecule has 1 aromatic carbocycles. The van der Waals surface area contributed by atoms with Gasteiger partial charge in [0.2, 0.25) is 5.91 Å². The fraction of sp³-hybridized carbons (Fsp3) is 0.312. The number of carboxylic acid groups (broad SMARTS) is 1. The first-order valence-corrected chi connectivity index (χ1v) is 7.26. The molecule has 1 aromatic heterocycles. The summed E-state index contributed by atoms with van der Waals surface area (Å²) in [6.07, 6.45) is 1.70. The van der Waals surface area contributed by atoms with Gasteiger partial charge in [-0.05, 0) is 44.0 Å². The van der Waals surface area contributed by atoms with E-state index in [1.54, 1.807) is 6.92 Å². The molecule has 2 aromatic rings. The third kappa shape index (κ3) is 3.08. The number of carbonyl (C=O) groups excluding carboxylic acids is 1. The van der Waals surface area contributed by atoms with E-state index in [2.05, 4.69) is 10.5 Å². The van der Waals surface area contributed by atoms with E-state index in [0.717, 1.165) is 12.8 Å². The topological polar surface area (TPSA) is 92.4 Å². The van der Waals surface area contributed by atoms with Gasteiger partial charge in [0.05, 0.1) is 6.04 Å². The Hall–Kier alpha value is -2.70. The van der Waals surface area contributed by atoms with Gasteiger partial charge < -0.3 is 14.9 Å². The van der Waals surface area contributed by atoms with Crippen LogP contribution in [0.2, 0.25) is 0 Å². The molecule has 1 unspecified atom stereocenters. The monoisotopic (exact) mass is 318 g/mol. The van der Waals surface area contributed by atoms with Crippen molar-refractivity contribution in [2.24, 2.45) is 5.92 Å². The lowest BCUT2D eigenvalue weighted by atomic mass is 10.0. The fourth-order valence-corrected chi connectivity index (χ4v) is 2.35. The van der Waals surface area contributed by atoms with Gasteiger partial charge in [0.1, 0.15) is 17.1 Å². The SMILES string of the molecule is CC(NC(=O)C1CC1)c1onc(-c2ccc(F)cc2)c1C(=O)O. The molecule has 23 heavy (non-hydrogen) atoms. The highest BCUT2D eigenvalue weighted by atomic mass is 19.1. The minimum atomic E-state index is -1.21. The molecular formula is C16H15FN2O4. The number of aromatic carboxylic acids is 1. The van der Waals surface area contributed by atoms with Crippen LogP contribution < -0.4 is 5.32 Å². The summed E-state index contributed by atoms with van der Waals surface area (Å²) >= 11 is 0. The number of rotatable bonds is 5. The molecule has 1 heterocycles. The van der Waals surface area contributed by atoms with E-state index in [-0.39, 0.29) is 28.8 Å². The van der Waals surface area contributed by atoms with Crippen LogP contribution in [0.4, 0.5) is 4.39 Å². The van der Waals surface area contributed by atoms with Crippen LogP contribution in [0, 0.1) is 11.7 Å². The highest BCUT2D eigenvalue weighted by molar-refractivity contribution is 5.96. The summed E-state index contributed by atoms with van der Waals surface area (Å²) in [5.41, 5.74) is 0.416. The predicted molar refractivity (Wildman–Crippen MR) is 78.1 cm³/mol. The Morgan fingerprint density at radius 2 is 2.00 bits per heavy atom. The lowest BCUT2D eigenvalue weighted by molar-refractivity contribution is -0.123. The van der Waals surface area contributed by atoms with E-state index in [1.165, 1.54) is 24.3 Å². The normalized spacial score (nSPS) is 15.2. The summed E-state index contributed by atoms with van der Waals surface area (Å²) in [7, 11) is 0. The zero-order valence-electron chi connectivity index (χ0n) is 12.4. The molecule has 0 spiro atoms. The molecule has 1 fully saturated rings. The second-order valence-corrected chi connectivity index (χ2v) is 5.59. The van der Waals surface area contributed by atoms with Crippen LogP contribution in [0.5, 0.6) is 0 Å². The maximum Gasteiger partial charge on any atom is 0.341 e. The van der Waals surface area contributed by atoms with Crippen molar-refractivity contribution < 1.29 is 23.6 Å². The second kappa shape index (κ2) is 5.83. The molecule has 3 rings (SSSR count). The van der Waals surface area contributed by atoms with Gasteiger partial charge in [-0.1, -0.05) is 5.16 Å². The summed E-state index contributed by atoms with van der Waals surface area (Å²) < 4.78 is 18.2. The summed E-state index contributed by atoms with van der Waals surface area (Å²) in [5.74, 6) is -1.68. The molecule has 0 saturated heterocycles. The lowest BCUT2D eigenvalue weighted by Gasteiger charge is -2.11. The minimum Gasteiger partial charge on any atom is -0.477 e. The molecule has 1 amide bonds. The molecule has 0 bridgehead atoms. The number of hydrogen-bond acceptors (Lipinski definition) is 4. The van der Waals surface area contributed by atoms with E-state index in [4.69, 9.17) is 4.52 Å². The van der Waals surface area contributed by atoms with Crippen molar-refractivity contribution in [3.05, 3.63) is 41.4 Å². The molecule has 2 N–H and O–H groups in total. The molecule has 1 aliphatic rings. The van der Waals surface area contributed by atoms with E-state index < -0.39 is 17.8 Å². The van der Waals surface area contributed by atoms with Crippen molar-refractivity contribution in [3.8, 4) is 11.3 Å². The van der Waals surface area contributed by atoms with Gasteiger partial charge in [0, 0.05) is 11.5 Å². The Morgan fingerprint density at radius 1 is 1.35 bits per heavy atom. The molecule has 120 valence electrons. The Morgan fingerprint density at radius 3 is 2.57 bits per heavy atom. The van der Waals surface area contributed by atoms with Crippen molar-refractivity contribution in [1.29, 1.82) is 0 Å². The third-order valence-electron chi connectivity index (χ3n) is 3.75. The number of carbonyl (C=O) groups is 2. The molecular weight excluding hydrogens is 303 g/mol. The Balaban J connectivity index is 1.93. The maximum absolute atomic E-state index is 13.0. The molecule has 1 aliphatic carbocycles. The quantitative estimate of drug-likeness (QED) is 0.884. The first kappa shape index (κ1) is 15.2. The highest BCUT2D eigenvalue weighted by Crippen LogP contribution is 2.32.